The molecule has 1 amide bonds. The molecule has 0 aliphatic carbocycles. The second kappa shape index (κ2) is 8.95. The molecule has 0 spiro atoms. The van der Waals surface area contributed by atoms with E-state index < -0.39 is 0 Å². The van der Waals surface area contributed by atoms with E-state index in [1.54, 1.807) is 24.2 Å². The maximum Gasteiger partial charge on any atom is 0.237 e. The molecule has 2 aromatic carbocycles. The first-order valence-corrected chi connectivity index (χ1v) is 11.8. The van der Waals surface area contributed by atoms with Gasteiger partial charge in [0.1, 0.15) is 0 Å². The molecule has 4 aromatic rings. The summed E-state index contributed by atoms with van der Waals surface area (Å²) in [6.07, 6.45) is 3.50. The van der Waals surface area contributed by atoms with E-state index in [-0.39, 0.29) is 11.7 Å². The van der Waals surface area contributed by atoms with Gasteiger partial charge in [0.25, 0.3) is 0 Å². The number of fused-ring (bicyclic) bond motifs is 1. The quantitative estimate of drug-likeness (QED) is 0.420. The Morgan fingerprint density at radius 2 is 1.84 bits per heavy atom. The van der Waals surface area contributed by atoms with Gasteiger partial charge in [-0.3, -0.25) is 14.3 Å². The first-order valence-electron chi connectivity index (χ1n) is 9.87. The van der Waals surface area contributed by atoms with Crippen LogP contribution in [-0.2, 0) is 4.79 Å². The molecular weight excluding hydrogens is 426 g/mol. The first kappa shape index (κ1) is 19.8. The highest BCUT2D eigenvalue weighted by Gasteiger charge is 2.24. The number of anilines is 1. The number of carbonyl (C=O) groups is 1. The molecular formula is C23H19N5OS2. The van der Waals surface area contributed by atoms with Crippen LogP contribution in [-0.4, -0.2) is 43.7 Å². The lowest BCUT2D eigenvalue weighted by Gasteiger charge is -2.28. The van der Waals surface area contributed by atoms with Crippen LogP contribution in [0.5, 0.6) is 0 Å². The van der Waals surface area contributed by atoms with Crippen LogP contribution < -0.4 is 4.90 Å². The topological polar surface area (TPSA) is 63.9 Å². The molecule has 8 heteroatoms. The number of pyridine rings is 1. The van der Waals surface area contributed by atoms with E-state index in [1.807, 2.05) is 70.1 Å². The minimum Gasteiger partial charge on any atom is -0.310 e. The minimum absolute atomic E-state index is 0.0725. The van der Waals surface area contributed by atoms with Crippen molar-refractivity contribution in [3.8, 4) is 17.1 Å². The number of nitrogens with zero attached hydrogens (tertiary/aromatic N) is 5. The SMILES string of the molecule is O=C(CSc1nnc(-c2cccnc2)n1-c1ccccc1)N1CCSc2ccccc21. The molecule has 0 saturated carbocycles. The lowest BCUT2D eigenvalue weighted by molar-refractivity contribution is -0.116. The van der Waals surface area contributed by atoms with E-state index in [9.17, 15) is 4.79 Å². The van der Waals surface area contributed by atoms with Crippen LogP contribution in [0.2, 0.25) is 0 Å². The Morgan fingerprint density at radius 3 is 2.68 bits per heavy atom. The lowest BCUT2D eigenvalue weighted by Crippen LogP contribution is -2.36. The summed E-state index contributed by atoms with van der Waals surface area (Å²) in [5.41, 5.74) is 2.81. The van der Waals surface area contributed by atoms with E-state index in [4.69, 9.17) is 0 Å². The molecule has 0 radical (unpaired) electrons. The van der Waals surface area contributed by atoms with Gasteiger partial charge in [0, 0.05) is 40.8 Å². The zero-order chi connectivity index (χ0) is 21.0. The standard InChI is InChI=1S/C23H19N5OS2/c29-21(27-13-14-30-20-11-5-4-10-19(20)27)16-31-23-26-25-22(17-7-6-12-24-15-17)28(23)18-8-2-1-3-9-18/h1-12,15H,13-14,16H2. The van der Waals surface area contributed by atoms with Crippen LogP contribution >= 0.6 is 23.5 Å². The zero-order valence-electron chi connectivity index (χ0n) is 16.6. The van der Waals surface area contributed by atoms with Gasteiger partial charge in [0.05, 0.1) is 11.4 Å². The summed E-state index contributed by atoms with van der Waals surface area (Å²) in [5, 5.41) is 9.50. The molecule has 154 valence electrons. The third-order valence-electron chi connectivity index (χ3n) is 4.92. The number of carbonyl (C=O) groups excluding carboxylic acids is 1. The van der Waals surface area contributed by atoms with Crippen LogP contribution in [0.15, 0.2) is 89.2 Å². The average Bonchev–Trinajstić information content (AvgIpc) is 3.27. The van der Waals surface area contributed by atoms with Crippen molar-refractivity contribution in [2.24, 2.45) is 0 Å². The summed E-state index contributed by atoms with van der Waals surface area (Å²) < 4.78 is 1.98. The molecule has 2 aromatic heterocycles. The van der Waals surface area contributed by atoms with Crippen LogP contribution in [0.3, 0.4) is 0 Å². The van der Waals surface area contributed by atoms with Crippen molar-refractivity contribution in [3.63, 3.8) is 0 Å². The van der Waals surface area contributed by atoms with Gasteiger partial charge in [-0.2, -0.15) is 0 Å². The molecule has 6 nitrogen and oxygen atoms in total. The zero-order valence-corrected chi connectivity index (χ0v) is 18.2. The van der Waals surface area contributed by atoms with E-state index >= 15 is 0 Å². The highest BCUT2D eigenvalue weighted by molar-refractivity contribution is 8.00. The molecule has 0 atom stereocenters. The molecule has 31 heavy (non-hydrogen) atoms. The second-order valence-corrected chi connectivity index (χ2v) is 8.95. The van der Waals surface area contributed by atoms with Gasteiger partial charge >= 0.3 is 0 Å². The number of hydrogen-bond donors (Lipinski definition) is 0. The lowest BCUT2D eigenvalue weighted by atomic mass is 10.2. The smallest absolute Gasteiger partial charge is 0.237 e. The van der Waals surface area contributed by atoms with Crippen molar-refractivity contribution in [2.75, 3.05) is 23.0 Å². The number of hydrogen-bond acceptors (Lipinski definition) is 6. The third kappa shape index (κ3) is 4.08. The van der Waals surface area contributed by atoms with E-state index in [1.165, 1.54) is 11.8 Å². The summed E-state index contributed by atoms with van der Waals surface area (Å²) >= 11 is 3.20. The molecule has 0 bridgehead atoms. The van der Waals surface area contributed by atoms with Gasteiger partial charge in [-0.1, -0.05) is 42.1 Å². The summed E-state index contributed by atoms with van der Waals surface area (Å²) in [6.45, 7) is 0.716. The Kier molecular flexibility index (Phi) is 5.73. The Morgan fingerprint density at radius 1 is 1.00 bits per heavy atom. The monoisotopic (exact) mass is 445 g/mol. The largest absolute Gasteiger partial charge is 0.310 e. The fraction of sp³-hybridized carbons (Fsp3) is 0.130. The van der Waals surface area contributed by atoms with Gasteiger partial charge in [0.15, 0.2) is 11.0 Å². The van der Waals surface area contributed by atoms with Crippen molar-refractivity contribution in [2.45, 2.75) is 10.1 Å². The number of benzene rings is 2. The Hall–Kier alpha value is -3.10. The third-order valence-corrected chi connectivity index (χ3v) is 6.88. The van der Waals surface area contributed by atoms with Gasteiger partial charge in [-0.05, 0) is 36.4 Å². The van der Waals surface area contributed by atoms with Crippen LogP contribution in [0.25, 0.3) is 17.1 Å². The number of thioether (sulfide) groups is 2. The number of amides is 1. The Labute approximate surface area is 188 Å². The summed E-state index contributed by atoms with van der Waals surface area (Å²) in [5.74, 6) is 1.97. The van der Waals surface area contributed by atoms with Gasteiger partial charge in [-0.15, -0.1) is 22.0 Å². The van der Waals surface area contributed by atoms with E-state index in [0.717, 1.165) is 27.6 Å². The number of para-hydroxylation sites is 2. The number of rotatable bonds is 5. The van der Waals surface area contributed by atoms with Crippen LogP contribution in [0.1, 0.15) is 0 Å². The van der Waals surface area contributed by atoms with E-state index in [2.05, 4.69) is 21.2 Å². The summed E-state index contributed by atoms with van der Waals surface area (Å²) in [6, 6.07) is 21.8. The van der Waals surface area contributed by atoms with Gasteiger partial charge in [0.2, 0.25) is 5.91 Å². The molecule has 1 aliphatic rings. The second-order valence-electron chi connectivity index (χ2n) is 6.87. The Balaban J connectivity index is 1.43. The average molecular weight is 446 g/mol. The van der Waals surface area contributed by atoms with Gasteiger partial charge in [-0.25, -0.2) is 0 Å². The van der Waals surface area contributed by atoms with E-state index in [0.29, 0.717) is 17.5 Å². The van der Waals surface area contributed by atoms with Crippen molar-refractivity contribution >= 4 is 35.1 Å². The number of aromatic nitrogens is 4. The van der Waals surface area contributed by atoms with Crippen LogP contribution in [0, 0.1) is 0 Å². The van der Waals surface area contributed by atoms with Crippen LogP contribution in [0.4, 0.5) is 5.69 Å². The normalized spacial score (nSPS) is 13.1. The van der Waals surface area contributed by atoms with Gasteiger partial charge < -0.3 is 4.90 Å². The Bertz CT molecular complexity index is 1200. The first-order chi connectivity index (χ1) is 15.3. The predicted octanol–water partition coefficient (Wildman–Crippen LogP) is 4.56. The molecule has 0 fully saturated rings. The summed E-state index contributed by atoms with van der Waals surface area (Å²) in [4.78, 5) is 20.3. The molecule has 0 saturated heterocycles. The van der Waals surface area contributed by atoms with Crippen molar-refractivity contribution < 1.29 is 4.79 Å². The highest BCUT2D eigenvalue weighted by Crippen LogP contribution is 2.35. The fourth-order valence-electron chi connectivity index (χ4n) is 3.49. The van der Waals surface area contributed by atoms with Crippen molar-refractivity contribution in [3.05, 3.63) is 79.1 Å². The molecule has 0 N–H and O–H groups in total. The van der Waals surface area contributed by atoms with Crippen molar-refractivity contribution in [1.29, 1.82) is 0 Å². The maximum atomic E-state index is 13.1. The maximum absolute atomic E-state index is 13.1. The molecule has 0 unspecified atom stereocenters. The molecule has 3 heterocycles. The molecule has 5 rings (SSSR count). The highest BCUT2D eigenvalue weighted by atomic mass is 32.2. The minimum atomic E-state index is 0.0725. The summed E-state index contributed by atoms with van der Waals surface area (Å²) in [7, 11) is 0. The fourth-order valence-corrected chi connectivity index (χ4v) is 5.31. The predicted molar refractivity (Wildman–Crippen MR) is 125 cm³/mol. The van der Waals surface area contributed by atoms with Crippen molar-refractivity contribution in [1.82, 2.24) is 19.7 Å². The molecule has 1 aliphatic heterocycles.